The van der Waals surface area contributed by atoms with Crippen molar-refractivity contribution < 1.29 is 22.8 Å². The van der Waals surface area contributed by atoms with Crippen molar-refractivity contribution in [2.75, 3.05) is 11.9 Å². The van der Waals surface area contributed by atoms with Crippen molar-refractivity contribution in [3.63, 3.8) is 0 Å². The van der Waals surface area contributed by atoms with Gasteiger partial charge in [0.2, 0.25) is 0 Å². The van der Waals surface area contributed by atoms with Crippen molar-refractivity contribution in [1.29, 1.82) is 0 Å². The molecule has 0 aliphatic carbocycles. The Hall–Kier alpha value is -1.96. The minimum Gasteiger partial charge on any atom is -0.377 e. The molecule has 172 valence electrons. The number of nitrogens with zero attached hydrogens (tertiary/aromatic N) is 1. The van der Waals surface area contributed by atoms with Gasteiger partial charge >= 0.3 is 6.18 Å². The number of benzene rings is 2. The molecule has 0 amide bonds. The van der Waals surface area contributed by atoms with Crippen molar-refractivity contribution in [2.24, 2.45) is 10.6 Å². The average molecular weight is 508 g/mol. The predicted molar refractivity (Wildman–Crippen MR) is 121 cm³/mol. The highest BCUT2D eigenvalue weighted by atomic mass is 35.5. The summed E-state index contributed by atoms with van der Waals surface area (Å²) in [7, 11) is 0. The normalized spacial score (nSPS) is 18.8. The first-order valence-corrected chi connectivity index (χ1v) is 10.7. The second kappa shape index (κ2) is 8.76. The Morgan fingerprint density at radius 3 is 2.28 bits per heavy atom. The van der Waals surface area contributed by atoms with E-state index in [1.165, 1.54) is 18.2 Å². The fraction of sp³-hybridized carbons (Fsp3) is 0.364. The molecular formula is C22H20Cl3F3N2O2. The van der Waals surface area contributed by atoms with E-state index in [1.807, 2.05) is 0 Å². The second-order valence-corrected chi connectivity index (χ2v) is 9.79. The molecule has 4 nitrogen and oxygen atoms in total. The number of anilines is 1. The number of hydrogen-bond acceptors (Lipinski definition) is 4. The quantitative estimate of drug-likeness (QED) is 0.463. The molecule has 3 rings (SSSR count). The van der Waals surface area contributed by atoms with E-state index < -0.39 is 23.6 Å². The number of ketones is 1. The summed E-state index contributed by atoms with van der Waals surface area (Å²) in [4.78, 5) is 17.2. The minimum atomic E-state index is -4.79. The predicted octanol–water partition coefficient (Wildman–Crippen LogP) is 7.26. The molecule has 1 atom stereocenters. The van der Waals surface area contributed by atoms with E-state index in [1.54, 1.807) is 26.8 Å². The van der Waals surface area contributed by atoms with Gasteiger partial charge in [-0.3, -0.25) is 4.79 Å². The van der Waals surface area contributed by atoms with E-state index in [-0.39, 0.29) is 33.6 Å². The third-order valence-electron chi connectivity index (χ3n) is 5.09. The zero-order chi connectivity index (χ0) is 23.9. The average Bonchev–Trinajstić information content (AvgIpc) is 3.12. The van der Waals surface area contributed by atoms with Gasteiger partial charge in [-0.1, -0.05) is 66.8 Å². The van der Waals surface area contributed by atoms with Crippen molar-refractivity contribution in [3.8, 4) is 0 Å². The summed E-state index contributed by atoms with van der Waals surface area (Å²) in [6, 6.07) is 8.26. The number of carbonyl (C=O) groups excluding carboxylic acids is 1. The largest absolute Gasteiger partial charge is 0.435 e. The second-order valence-electron chi connectivity index (χ2n) is 8.51. The number of nitrogens with one attached hydrogen (secondary N) is 1. The topological polar surface area (TPSA) is 50.7 Å². The summed E-state index contributed by atoms with van der Waals surface area (Å²) in [6.45, 7) is 5.39. The van der Waals surface area contributed by atoms with E-state index in [9.17, 15) is 18.0 Å². The van der Waals surface area contributed by atoms with Crippen LogP contribution in [0.2, 0.25) is 15.1 Å². The summed E-state index contributed by atoms with van der Waals surface area (Å²) in [6.07, 6.45) is -5.38. The molecule has 2 aromatic rings. The van der Waals surface area contributed by atoms with Gasteiger partial charge in [0.1, 0.15) is 0 Å². The first kappa shape index (κ1) is 24.7. The van der Waals surface area contributed by atoms with Gasteiger partial charge in [-0.15, -0.1) is 0 Å². The van der Waals surface area contributed by atoms with Gasteiger partial charge in [0, 0.05) is 33.0 Å². The Morgan fingerprint density at radius 1 is 1.09 bits per heavy atom. The molecule has 1 heterocycles. The summed E-state index contributed by atoms with van der Waals surface area (Å²) in [5.41, 5.74) is -2.68. The molecule has 0 saturated heterocycles. The van der Waals surface area contributed by atoms with Gasteiger partial charge in [-0.2, -0.15) is 13.2 Å². The van der Waals surface area contributed by atoms with E-state index in [2.05, 4.69) is 10.5 Å². The maximum atomic E-state index is 14.2. The Labute approximate surface area is 198 Å². The van der Waals surface area contributed by atoms with Crippen LogP contribution in [0.1, 0.15) is 38.3 Å². The molecule has 32 heavy (non-hydrogen) atoms. The molecule has 0 bridgehead atoms. The number of hydrogen-bond donors (Lipinski definition) is 1. The molecule has 1 aliphatic rings. The number of rotatable bonds is 5. The number of carbonyl (C=O) groups is 1. The first-order valence-electron chi connectivity index (χ1n) is 9.58. The SMILES string of the molecule is CC(C)(C)C(=O)CNc1cc(C2=NOC(c3cc(Cl)cc(Cl)c3)(C(F)(F)F)C2)ccc1Cl. The third-order valence-corrected chi connectivity index (χ3v) is 5.86. The number of oxime groups is 1. The Balaban J connectivity index is 1.91. The highest BCUT2D eigenvalue weighted by Gasteiger charge is 2.62. The lowest BCUT2D eigenvalue weighted by Gasteiger charge is -2.29. The molecule has 0 aromatic heterocycles. The van der Waals surface area contributed by atoms with Crippen LogP contribution in [0, 0.1) is 5.41 Å². The molecule has 10 heteroatoms. The summed E-state index contributed by atoms with van der Waals surface area (Å²) < 4.78 is 42.5. The van der Waals surface area contributed by atoms with Crippen LogP contribution < -0.4 is 5.32 Å². The van der Waals surface area contributed by atoms with Crippen LogP contribution >= 0.6 is 34.8 Å². The van der Waals surface area contributed by atoms with Crippen LogP contribution in [0.4, 0.5) is 18.9 Å². The van der Waals surface area contributed by atoms with E-state index in [0.717, 1.165) is 12.1 Å². The van der Waals surface area contributed by atoms with Crippen LogP contribution in [0.25, 0.3) is 0 Å². The van der Waals surface area contributed by atoms with Crippen molar-refractivity contribution in [3.05, 3.63) is 62.6 Å². The molecule has 0 fully saturated rings. The van der Waals surface area contributed by atoms with Crippen LogP contribution in [-0.2, 0) is 15.2 Å². The molecule has 2 aromatic carbocycles. The van der Waals surface area contributed by atoms with Gasteiger partial charge < -0.3 is 10.2 Å². The van der Waals surface area contributed by atoms with Crippen molar-refractivity contribution in [1.82, 2.24) is 0 Å². The number of alkyl halides is 3. The van der Waals surface area contributed by atoms with Crippen LogP contribution in [0.15, 0.2) is 41.6 Å². The highest BCUT2D eigenvalue weighted by Crippen LogP contribution is 2.49. The summed E-state index contributed by atoms with van der Waals surface area (Å²) in [5, 5.41) is 7.11. The van der Waals surface area contributed by atoms with Gasteiger partial charge in [0.05, 0.1) is 23.0 Å². The number of halogens is 6. The lowest BCUT2D eigenvalue weighted by atomic mass is 9.86. The number of Topliss-reactive ketones (excluding diaryl/α,β-unsaturated/α-hetero) is 1. The van der Waals surface area contributed by atoms with Gasteiger partial charge in [-0.25, -0.2) is 0 Å². The fourth-order valence-electron chi connectivity index (χ4n) is 3.13. The lowest BCUT2D eigenvalue weighted by molar-refractivity contribution is -0.275. The molecule has 0 radical (unpaired) electrons. The molecule has 1 unspecified atom stereocenters. The van der Waals surface area contributed by atoms with E-state index in [4.69, 9.17) is 39.6 Å². The lowest BCUT2D eigenvalue weighted by Crippen LogP contribution is -2.42. The Morgan fingerprint density at radius 2 is 1.72 bits per heavy atom. The van der Waals surface area contributed by atoms with Crippen molar-refractivity contribution in [2.45, 2.75) is 39.0 Å². The fourth-order valence-corrected chi connectivity index (χ4v) is 3.84. The van der Waals surface area contributed by atoms with Gasteiger partial charge in [0.25, 0.3) is 5.60 Å². The Kier molecular flexibility index (Phi) is 6.76. The molecular weight excluding hydrogens is 488 g/mol. The molecule has 1 N–H and O–H groups in total. The van der Waals surface area contributed by atoms with Gasteiger partial charge in [0.15, 0.2) is 5.78 Å². The van der Waals surface area contributed by atoms with Crippen LogP contribution in [-0.4, -0.2) is 24.2 Å². The van der Waals surface area contributed by atoms with Crippen molar-refractivity contribution >= 4 is 52.0 Å². The molecule has 0 saturated carbocycles. The third kappa shape index (κ3) is 5.00. The smallest absolute Gasteiger partial charge is 0.377 e. The zero-order valence-corrected chi connectivity index (χ0v) is 19.7. The first-order chi connectivity index (χ1) is 14.7. The van der Waals surface area contributed by atoms with Crippen LogP contribution in [0.3, 0.4) is 0 Å². The zero-order valence-electron chi connectivity index (χ0n) is 17.4. The van der Waals surface area contributed by atoms with E-state index >= 15 is 0 Å². The summed E-state index contributed by atoms with van der Waals surface area (Å²) in [5.74, 6) is -0.0468. The van der Waals surface area contributed by atoms with E-state index in [0.29, 0.717) is 16.3 Å². The van der Waals surface area contributed by atoms with Crippen LogP contribution in [0.5, 0.6) is 0 Å². The summed E-state index contributed by atoms with van der Waals surface area (Å²) >= 11 is 18.1. The minimum absolute atomic E-state index is 0.0170. The van der Waals surface area contributed by atoms with Gasteiger partial charge in [-0.05, 0) is 30.3 Å². The Bertz CT molecular complexity index is 1060. The maximum absolute atomic E-state index is 14.2. The highest BCUT2D eigenvalue weighted by molar-refractivity contribution is 6.34. The maximum Gasteiger partial charge on any atom is 0.435 e. The molecule has 1 aliphatic heterocycles. The standard InChI is InChI=1S/C22H20Cl3F3N2O2/c1-20(2,3)19(31)11-29-17-6-12(4-5-16(17)25)18-10-21(32-30-18,22(26,27)28)13-7-14(23)9-15(24)8-13/h4-9,29H,10-11H2,1-3H3. The molecule has 0 spiro atoms. The monoisotopic (exact) mass is 506 g/mol.